The molecule has 1 aliphatic rings. The summed E-state index contributed by atoms with van der Waals surface area (Å²) in [5.74, 6) is 1.53. The smallest absolute Gasteiger partial charge is 0.122 e. The van der Waals surface area contributed by atoms with Crippen LogP contribution in [0.5, 0.6) is 5.75 Å². The van der Waals surface area contributed by atoms with E-state index in [1.54, 1.807) is 7.11 Å². The maximum atomic E-state index is 9.65. The van der Waals surface area contributed by atoms with Crippen molar-refractivity contribution in [3.63, 3.8) is 0 Å². The Morgan fingerprint density at radius 1 is 1.53 bits per heavy atom. The Labute approximate surface area is 123 Å². The number of hydrogen-bond acceptors (Lipinski definition) is 2. The standard InChI is InChI=1S/C16H20BrNO/c1-12-4-3-7-16(9-12,11-18)10-13-8-14(17)5-6-15(13)19-2/h5-6,8,12H,3-4,7,9-10H2,1-2H3. The van der Waals surface area contributed by atoms with Crippen LogP contribution in [0.1, 0.15) is 38.2 Å². The van der Waals surface area contributed by atoms with Crippen molar-refractivity contribution in [3.8, 4) is 11.8 Å². The molecule has 1 fully saturated rings. The van der Waals surface area contributed by atoms with Crippen LogP contribution >= 0.6 is 15.9 Å². The van der Waals surface area contributed by atoms with E-state index < -0.39 is 0 Å². The van der Waals surface area contributed by atoms with Gasteiger partial charge in [0.1, 0.15) is 5.75 Å². The average Bonchev–Trinajstić information content (AvgIpc) is 2.39. The summed E-state index contributed by atoms with van der Waals surface area (Å²) in [5.41, 5.74) is 0.915. The fraction of sp³-hybridized carbons (Fsp3) is 0.562. The lowest BCUT2D eigenvalue weighted by Crippen LogP contribution is -2.28. The summed E-state index contributed by atoms with van der Waals surface area (Å²) in [6.45, 7) is 2.25. The van der Waals surface area contributed by atoms with Crippen molar-refractivity contribution < 1.29 is 4.74 Å². The first-order valence-electron chi connectivity index (χ1n) is 6.82. The van der Waals surface area contributed by atoms with Crippen LogP contribution in [0.15, 0.2) is 22.7 Å². The predicted molar refractivity (Wildman–Crippen MR) is 80.1 cm³/mol. The molecule has 1 aromatic rings. The fourth-order valence-electron chi connectivity index (χ4n) is 3.21. The first-order valence-corrected chi connectivity index (χ1v) is 7.61. The lowest BCUT2D eigenvalue weighted by Gasteiger charge is -2.34. The van der Waals surface area contributed by atoms with Gasteiger partial charge in [-0.1, -0.05) is 35.7 Å². The third-order valence-electron chi connectivity index (χ3n) is 4.10. The molecule has 102 valence electrons. The molecule has 0 spiro atoms. The Kier molecular flexibility index (Phi) is 4.52. The van der Waals surface area contributed by atoms with Crippen molar-refractivity contribution in [1.82, 2.24) is 0 Å². The number of nitriles is 1. The van der Waals surface area contributed by atoms with E-state index in [-0.39, 0.29) is 5.41 Å². The zero-order valence-electron chi connectivity index (χ0n) is 11.6. The topological polar surface area (TPSA) is 33.0 Å². The molecule has 2 unspecified atom stereocenters. The number of ether oxygens (including phenoxy) is 1. The molecule has 1 saturated carbocycles. The second-order valence-electron chi connectivity index (χ2n) is 5.73. The average molecular weight is 322 g/mol. The number of nitrogens with zero attached hydrogens (tertiary/aromatic N) is 1. The molecule has 0 heterocycles. The van der Waals surface area contributed by atoms with Gasteiger partial charge in [-0.05, 0) is 48.9 Å². The Bertz CT molecular complexity index is 494. The van der Waals surface area contributed by atoms with Gasteiger partial charge >= 0.3 is 0 Å². The van der Waals surface area contributed by atoms with E-state index in [1.165, 1.54) is 6.42 Å². The molecule has 0 aliphatic heterocycles. The van der Waals surface area contributed by atoms with Gasteiger partial charge in [-0.25, -0.2) is 0 Å². The molecule has 1 aromatic carbocycles. The highest BCUT2D eigenvalue weighted by Gasteiger charge is 2.35. The third kappa shape index (κ3) is 3.30. The number of benzene rings is 1. The Hall–Kier alpha value is -1.01. The predicted octanol–water partition coefficient (Wildman–Crippen LogP) is 4.72. The molecular formula is C16H20BrNO. The van der Waals surface area contributed by atoms with E-state index in [9.17, 15) is 5.26 Å². The lowest BCUT2D eigenvalue weighted by atomic mass is 9.68. The summed E-state index contributed by atoms with van der Waals surface area (Å²) >= 11 is 3.50. The molecule has 0 aromatic heterocycles. The van der Waals surface area contributed by atoms with Crippen LogP contribution in [-0.4, -0.2) is 7.11 Å². The largest absolute Gasteiger partial charge is 0.496 e. The fourth-order valence-corrected chi connectivity index (χ4v) is 3.62. The normalized spacial score (nSPS) is 26.7. The summed E-state index contributed by atoms with van der Waals surface area (Å²) in [6, 6.07) is 8.62. The van der Waals surface area contributed by atoms with Crippen molar-refractivity contribution in [2.75, 3.05) is 7.11 Å². The molecule has 2 atom stereocenters. The monoisotopic (exact) mass is 321 g/mol. The minimum atomic E-state index is -0.217. The van der Waals surface area contributed by atoms with Crippen molar-refractivity contribution in [2.24, 2.45) is 11.3 Å². The SMILES string of the molecule is COc1ccc(Br)cc1CC1(C#N)CCCC(C)C1. The second-order valence-corrected chi connectivity index (χ2v) is 6.64. The van der Waals surface area contributed by atoms with Gasteiger partial charge < -0.3 is 4.74 Å². The van der Waals surface area contributed by atoms with Crippen LogP contribution < -0.4 is 4.74 Å². The number of hydrogen-bond donors (Lipinski definition) is 0. The van der Waals surface area contributed by atoms with Crippen LogP contribution in [0.25, 0.3) is 0 Å². The van der Waals surface area contributed by atoms with E-state index >= 15 is 0 Å². The minimum absolute atomic E-state index is 0.217. The summed E-state index contributed by atoms with van der Waals surface area (Å²) in [5, 5.41) is 9.65. The van der Waals surface area contributed by atoms with Crippen molar-refractivity contribution in [2.45, 2.75) is 39.0 Å². The molecular weight excluding hydrogens is 302 g/mol. The maximum absolute atomic E-state index is 9.65. The van der Waals surface area contributed by atoms with Gasteiger partial charge in [-0.15, -0.1) is 0 Å². The van der Waals surface area contributed by atoms with E-state index in [0.717, 1.165) is 41.5 Å². The molecule has 0 saturated heterocycles. The van der Waals surface area contributed by atoms with Gasteiger partial charge in [0.15, 0.2) is 0 Å². The van der Waals surface area contributed by atoms with E-state index in [0.29, 0.717) is 5.92 Å². The van der Waals surface area contributed by atoms with Gasteiger partial charge in [0.2, 0.25) is 0 Å². The minimum Gasteiger partial charge on any atom is -0.496 e. The van der Waals surface area contributed by atoms with Gasteiger partial charge in [0.25, 0.3) is 0 Å². The first-order chi connectivity index (χ1) is 9.08. The molecule has 3 heteroatoms. The molecule has 0 radical (unpaired) electrons. The summed E-state index contributed by atoms with van der Waals surface area (Å²) in [4.78, 5) is 0. The summed E-state index contributed by atoms with van der Waals surface area (Å²) in [7, 11) is 1.69. The number of methoxy groups -OCH3 is 1. The zero-order chi connectivity index (χ0) is 13.9. The zero-order valence-corrected chi connectivity index (χ0v) is 13.2. The maximum Gasteiger partial charge on any atom is 0.122 e. The van der Waals surface area contributed by atoms with Crippen LogP contribution in [0.2, 0.25) is 0 Å². The number of halogens is 1. The van der Waals surface area contributed by atoms with Crippen molar-refractivity contribution >= 4 is 15.9 Å². The van der Waals surface area contributed by atoms with E-state index in [4.69, 9.17) is 4.74 Å². The highest BCUT2D eigenvalue weighted by atomic mass is 79.9. The highest BCUT2D eigenvalue weighted by molar-refractivity contribution is 9.10. The summed E-state index contributed by atoms with van der Waals surface area (Å²) in [6.07, 6.45) is 5.20. The van der Waals surface area contributed by atoms with Crippen molar-refractivity contribution in [1.29, 1.82) is 5.26 Å². The Balaban J connectivity index is 2.28. The molecule has 19 heavy (non-hydrogen) atoms. The van der Waals surface area contributed by atoms with Gasteiger partial charge in [-0.3, -0.25) is 0 Å². The quantitative estimate of drug-likeness (QED) is 0.806. The highest BCUT2D eigenvalue weighted by Crippen LogP contribution is 2.43. The second kappa shape index (κ2) is 5.96. The molecule has 0 bridgehead atoms. The third-order valence-corrected chi connectivity index (χ3v) is 4.59. The van der Waals surface area contributed by atoms with E-state index in [1.807, 2.05) is 12.1 Å². The van der Waals surface area contributed by atoms with Gasteiger partial charge in [0.05, 0.1) is 18.6 Å². The van der Waals surface area contributed by atoms with Crippen LogP contribution in [0.3, 0.4) is 0 Å². The molecule has 1 aliphatic carbocycles. The van der Waals surface area contributed by atoms with Crippen molar-refractivity contribution in [3.05, 3.63) is 28.2 Å². The Morgan fingerprint density at radius 3 is 2.95 bits per heavy atom. The molecule has 2 nitrogen and oxygen atoms in total. The molecule has 0 N–H and O–H groups in total. The van der Waals surface area contributed by atoms with Gasteiger partial charge in [0, 0.05) is 4.47 Å². The first kappa shape index (κ1) is 14.4. The van der Waals surface area contributed by atoms with Gasteiger partial charge in [-0.2, -0.15) is 5.26 Å². The van der Waals surface area contributed by atoms with Crippen LogP contribution in [-0.2, 0) is 6.42 Å². The Morgan fingerprint density at radius 2 is 2.32 bits per heavy atom. The molecule has 0 amide bonds. The molecule has 2 rings (SSSR count). The number of rotatable bonds is 3. The van der Waals surface area contributed by atoms with Crippen LogP contribution in [0.4, 0.5) is 0 Å². The van der Waals surface area contributed by atoms with E-state index in [2.05, 4.69) is 35.0 Å². The van der Waals surface area contributed by atoms with Crippen LogP contribution in [0, 0.1) is 22.7 Å². The lowest BCUT2D eigenvalue weighted by molar-refractivity contribution is 0.208. The summed E-state index contributed by atoms with van der Waals surface area (Å²) < 4.78 is 6.47.